The van der Waals surface area contributed by atoms with Crippen LogP contribution in [0.15, 0.2) is 42.7 Å². The van der Waals surface area contributed by atoms with Crippen LogP contribution in [0.2, 0.25) is 5.02 Å². The van der Waals surface area contributed by atoms with Gasteiger partial charge in [0.1, 0.15) is 0 Å². The number of hydrogen-bond acceptors (Lipinski definition) is 1. The molecule has 2 rings (SSSR count). The van der Waals surface area contributed by atoms with Crippen LogP contribution < -0.4 is 5.73 Å². The molecule has 2 N–H and O–H groups in total. The van der Waals surface area contributed by atoms with Gasteiger partial charge in [-0.1, -0.05) is 17.7 Å². The second-order valence-corrected chi connectivity index (χ2v) is 3.49. The first-order valence-electron chi connectivity index (χ1n) is 4.43. The Morgan fingerprint density at radius 2 is 1.93 bits per heavy atom. The van der Waals surface area contributed by atoms with Gasteiger partial charge in [0.25, 0.3) is 0 Å². The van der Waals surface area contributed by atoms with Crippen molar-refractivity contribution in [2.75, 3.05) is 0 Å². The molecule has 0 spiro atoms. The Morgan fingerprint density at radius 1 is 1.21 bits per heavy atom. The zero-order chi connectivity index (χ0) is 9.97. The fourth-order valence-corrected chi connectivity index (χ4v) is 1.59. The van der Waals surface area contributed by atoms with E-state index < -0.39 is 0 Å². The van der Waals surface area contributed by atoms with Gasteiger partial charge in [-0.3, -0.25) is 0 Å². The molecule has 0 aliphatic rings. The molecule has 2 nitrogen and oxygen atoms in total. The van der Waals surface area contributed by atoms with E-state index in [0.717, 1.165) is 16.3 Å². The minimum absolute atomic E-state index is 0.533. The van der Waals surface area contributed by atoms with Crippen LogP contribution in [0.3, 0.4) is 0 Å². The van der Waals surface area contributed by atoms with Crippen LogP contribution in [0, 0.1) is 0 Å². The third-order valence-corrected chi connectivity index (χ3v) is 2.45. The Labute approximate surface area is 87.9 Å². The predicted molar refractivity (Wildman–Crippen MR) is 58.7 cm³/mol. The van der Waals surface area contributed by atoms with Gasteiger partial charge < -0.3 is 10.3 Å². The minimum Gasteiger partial charge on any atom is -0.326 e. The molecule has 0 aliphatic carbocycles. The van der Waals surface area contributed by atoms with Gasteiger partial charge in [-0.2, -0.15) is 0 Å². The van der Waals surface area contributed by atoms with Gasteiger partial charge in [0.15, 0.2) is 0 Å². The highest BCUT2D eigenvalue weighted by Gasteiger charge is 2.02. The third kappa shape index (κ3) is 1.67. The maximum Gasteiger partial charge on any atom is 0.0646 e. The average Bonchev–Trinajstić information content (AvgIpc) is 2.71. The lowest BCUT2D eigenvalue weighted by molar-refractivity contribution is 1.03. The van der Waals surface area contributed by atoms with Crippen molar-refractivity contribution in [1.29, 1.82) is 0 Å². The van der Waals surface area contributed by atoms with E-state index in [0.29, 0.717) is 6.54 Å². The third-order valence-electron chi connectivity index (χ3n) is 2.13. The summed E-state index contributed by atoms with van der Waals surface area (Å²) in [4.78, 5) is 0. The van der Waals surface area contributed by atoms with E-state index >= 15 is 0 Å². The molecule has 0 fully saturated rings. The van der Waals surface area contributed by atoms with Crippen LogP contribution in [-0.2, 0) is 6.54 Å². The highest BCUT2D eigenvalue weighted by Crippen LogP contribution is 2.21. The standard InChI is InChI=1S/C11H11ClN2/c12-10-4-3-9(8-13)7-11(10)14-5-1-2-6-14/h1-7H,8,13H2. The summed E-state index contributed by atoms with van der Waals surface area (Å²) in [6.45, 7) is 0.533. The maximum absolute atomic E-state index is 6.08. The molecule has 1 aromatic carbocycles. The Bertz CT molecular complexity index is 421. The summed E-state index contributed by atoms with van der Waals surface area (Å²) in [6, 6.07) is 9.74. The summed E-state index contributed by atoms with van der Waals surface area (Å²) in [5.74, 6) is 0. The number of rotatable bonds is 2. The minimum atomic E-state index is 0.533. The van der Waals surface area contributed by atoms with E-state index in [9.17, 15) is 0 Å². The molecule has 72 valence electrons. The van der Waals surface area contributed by atoms with Gasteiger partial charge >= 0.3 is 0 Å². The Hall–Kier alpha value is -1.25. The fourth-order valence-electron chi connectivity index (χ4n) is 1.38. The topological polar surface area (TPSA) is 30.9 Å². The number of hydrogen-bond donors (Lipinski definition) is 1. The zero-order valence-corrected chi connectivity index (χ0v) is 8.41. The smallest absolute Gasteiger partial charge is 0.0646 e. The molecule has 0 atom stereocenters. The molecule has 0 radical (unpaired) electrons. The fraction of sp³-hybridized carbons (Fsp3) is 0.0909. The molecule has 1 heterocycles. The monoisotopic (exact) mass is 206 g/mol. The molecule has 1 aromatic heterocycles. The van der Waals surface area contributed by atoms with Gasteiger partial charge in [0.05, 0.1) is 10.7 Å². The Kier molecular flexibility index (Phi) is 2.57. The first-order valence-corrected chi connectivity index (χ1v) is 4.81. The second-order valence-electron chi connectivity index (χ2n) is 3.08. The largest absolute Gasteiger partial charge is 0.326 e. The molecule has 14 heavy (non-hydrogen) atoms. The molecular formula is C11H11ClN2. The number of halogens is 1. The van der Waals surface area contributed by atoms with E-state index in [1.165, 1.54) is 0 Å². The second kappa shape index (κ2) is 3.86. The lowest BCUT2D eigenvalue weighted by Crippen LogP contribution is -1.98. The normalized spacial score (nSPS) is 10.4. The van der Waals surface area contributed by atoms with Gasteiger partial charge in [0.2, 0.25) is 0 Å². The summed E-state index contributed by atoms with van der Waals surface area (Å²) < 4.78 is 1.97. The van der Waals surface area contributed by atoms with E-state index in [1.54, 1.807) is 0 Å². The first kappa shape index (κ1) is 9.31. The van der Waals surface area contributed by atoms with Gasteiger partial charge in [-0.15, -0.1) is 0 Å². The summed E-state index contributed by atoms with van der Waals surface area (Å²) >= 11 is 6.08. The Morgan fingerprint density at radius 3 is 2.57 bits per heavy atom. The van der Waals surface area contributed by atoms with Crippen molar-refractivity contribution < 1.29 is 0 Å². The van der Waals surface area contributed by atoms with Crippen LogP contribution in [0.4, 0.5) is 0 Å². The number of aromatic nitrogens is 1. The molecule has 0 bridgehead atoms. The van der Waals surface area contributed by atoms with Crippen LogP contribution >= 0.6 is 11.6 Å². The summed E-state index contributed by atoms with van der Waals surface area (Å²) in [5.41, 5.74) is 7.62. The average molecular weight is 207 g/mol. The first-order chi connectivity index (χ1) is 6.81. The van der Waals surface area contributed by atoms with E-state index in [1.807, 2.05) is 47.3 Å². The quantitative estimate of drug-likeness (QED) is 0.805. The van der Waals surface area contributed by atoms with Crippen molar-refractivity contribution >= 4 is 11.6 Å². The number of nitrogens with two attached hydrogens (primary N) is 1. The van der Waals surface area contributed by atoms with Crippen LogP contribution in [0.1, 0.15) is 5.56 Å². The molecular weight excluding hydrogens is 196 g/mol. The maximum atomic E-state index is 6.08. The van der Waals surface area contributed by atoms with Crippen LogP contribution in [0.5, 0.6) is 0 Å². The van der Waals surface area contributed by atoms with Crippen molar-refractivity contribution in [2.24, 2.45) is 5.73 Å². The summed E-state index contributed by atoms with van der Waals surface area (Å²) in [5, 5.41) is 0.735. The molecule has 2 aromatic rings. The van der Waals surface area contributed by atoms with Gasteiger partial charge in [0, 0.05) is 18.9 Å². The van der Waals surface area contributed by atoms with Crippen molar-refractivity contribution in [3.63, 3.8) is 0 Å². The van der Waals surface area contributed by atoms with Crippen molar-refractivity contribution in [3.05, 3.63) is 53.3 Å². The van der Waals surface area contributed by atoms with Crippen molar-refractivity contribution in [2.45, 2.75) is 6.54 Å². The molecule has 0 saturated heterocycles. The van der Waals surface area contributed by atoms with Gasteiger partial charge in [-0.05, 0) is 29.8 Å². The predicted octanol–water partition coefficient (Wildman–Crippen LogP) is 2.59. The van der Waals surface area contributed by atoms with E-state index in [2.05, 4.69) is 0 Å². The summed E-state index contributed by atoms with van der Waals surface area (Å²) in [7, 11) is 0. The van der Waals surface area contributed by atoms with Gasteiger partial charge in [-0.25, -0.2) is 0 Å². The number of benzene rings is 1. The zero-order valence-electron chi connectivity index (χ0n) is 7.65. The molecule has 3 heteroatoms. The lowest BCUT2D eigenvalue weighted by atomic mass is 10.2. The lowest BCUT2D eigenvalue weighted by Gasteiger charge is -2.07. The van der Waals surface area contributed by atoms with E-state index in [-0.39, 0.29) is 0 Å². The molecule has 0 amide bonds. The number of nitrogens with zero attached hydrogens (tertiary/aromatic N) is 1. The summed E-state index contributed by atoms with van der Waals surface area (Å²) in [6.07, 6.45) is 3.92. The van der Waals surface area contributed by atoms with Crippen molar-refractivity contribution in [1.82, 2.24) is 4.57 Å². The Balaban J connectivity index is 2.51. The van der Waals surface area contributed by atoms with Crippen LogP contribution in [0.25, 0.3) is 5.69 Å². The van der Waals surface area contributed by atoms with Crippen molar-refractivity contribution in [3.8, 4) is 5.69 Å². The SMILES string of the molecule is NCc1ccc(Cl)c(-n2cccc2)c1. The molecule has 0 unspecified atom stereocenters. The van der Waals surface area contributed by atoms with E-state index in [4.69, 9.17) is 17.3 Å². The highest BCUT2D eigenvalue weighted by atomic mass is 35.5. The molecule has 0 saturated carbocycles. The van der Waals surface area contributed by atoms with Crippen LogP contribution in [-0.4, -0.2) is 4.57 Å². The highest BCUT2D eigenvalue weighted by molar-refractivity contribution is 6.32. The molecule has 0 aliphatic heterocycles.